The van der Waals surface area contributed by atoms with Gasteiger partial charge in [-0.25, -0.2) is 0 Å². The molecule has 0 N–H and O–H groups in total. The van der Waals surface area contributed by atoms with Gasteiger partial charge in [0, 0.05) is 37.6 Å². The number of rotatable bonds is 3. The Morgan fingerprint density at radius 3 is 2.83 bits per heavy atom. The van der Waals surface area contributed by atoms with Crippen LogP contribution < -0.4 is 0 Å². The second-order valence-corrected chi connectivity index (χ2v) is 6.94. The minimum absolute atomic E-state index is 0.00670. The molecule has 3 rings (SSSR count). The first kappa shape index (κ1) is 16.3. The van der Waals surface area contributed by atoms with E-state index in [-0.39, 0.29) is 23.7 Å². The molecule has 1 aliphatic rings. The highest BCUT2D eigenvalue weighted by atomic mass is 35.5. The first-order chi connectivity index (χ1) is 11.1. The average Bonchev–Trinajstić information content (AvgIpc) is 3.13. The van der Waals surface area contributed by atoms with Gasteiger partial charge in [-0.1, -0.05) is 0 Å². The molecule has 2 aromatic heterocycles. The number of nitrogens with zero attached hydrogens (tertiary/aromatic N) is 3. The van der Waals surface area contributed by atoms with Gasteiger partial charge >= 0.3 is 0 Å². The third-order valence-electron chi connectivity index (χ3n) is 4.39. The molecule has 7 heteroatoms. The lowest BCUT2D eigenvalue weighted by molar-refractivity contribution is -0.132. The molecular weight excluding hydrogens is 334 g/mol. The summed E-state index contributed by atoms with van der Waals surface area (Å²) in [5, 5.41) is 3.16. The van der Waals surface area contributed by atoms with Gasteiger partial charge in [0.15, 0.2) is 0 Å². The number of aryl methyl sites for hydroxylation is 1. The molecule has 0 radical (unpaired) electrons. The van der Waals surface area contributed by atoms with Crippen LogP contribution in [0.25, 0.3) is 10.2 Å². The van der Waals surface area contributed by atoms with Crippen LogP contribution in [0.3, 0.4) is 0 Å². The molecule has 0 unspecified atom stereocenters. The van der Waals surface area contributed by atoms with Crippen LogP contribution in [0.2, 0.25) is 0 Å². The number of hydrogen-bond acceptors (Lipinski definition) is 3. The van der Waals surface area contributed by atoms with E-state index < -0.39 is 0 Å². The SMILES string of the molecule is CCn1c(C(=O)N2CCN(C(=O)CCl)[C@@H](C)C2)cc2ccsc21. The quantitative estimate of drug-likeness (QED) is 0.796. The Hall–Kier alpha value is -1.53. The van der Waals surface area contributed by atoms with Crippen LogP contribution in [0, 0.1) is 0 Å². The zero-order valence-electron chi connectivity index (χ0n) is 13.3. The van der Waals surface area contributed by atoms with Crippen LogP contribution in [0.4, 0.5) is 0 Å². The number of carbonyl (C=O) groups is 2. The zero-order chi connectivity index (χ0) is 16.6. The highest BCUT2D eigenvalue weighted by Gasteiger charge is 2.31. The Balaban J connectivity index is 1.80. The largest absolute Gasteiger partial charge is 0.335 e. The predicted octanol–water partition coefficient (Wildman–Crippen LogP) is 2.63. The maximum absolute atomic E-state index is 12.9. The number of piperazine rings is 1. The standard InChI is InChI=1S/C16H20ClN3O2S/c1-3-19-13(8-12-4-7-23-16(12)19)15(22)18-5-6-20(11(2)10-18)14(21)9-17/h4,7-8,11H,3,5-6,9-10H2,1-2H3/t11-/m0/s1. The Kier molecular flexibility index (Phi) is 4.64. The lowest BCUT2D eigenvalue weighted by Gasteiger charge is -2.39. The minimum atomic E-state index is -0.0660. The topological polar surface area (TPSA) is 45.6 Å². The summed E-state index contributed by atoms with van der Waals surface area (Å²) in [5.74, 6) is -0.0310. The summed E-state index contributed by atoms with van der Waals surface area (Å²) in [6.45, 7) is 6.42. The number of amides is 2. The number of aromatic nitrogens is 1. The molecule has 1 aliphatic heterocycles. The molecule has 124 valence electrons. The van der Waals surface area contributed by atoms with Gasteiger partial charge in [-0.05, 0) is 31.4 Å². The molecule has 1 atom stereocenters. The van der Waals surface area contributed by atoms with Crippen molar-refractivity contribution in [2.45, 2.75) is 26.4 Å². The van der Waals surface area contributed by atoms with E-state index in [1.54, 1.807) is 16.2 Å². The third kappa shape index (κ3) is 2.85. The van der Waals surface area contributed by atoms with Crippen LogP contribution in [0.15, 0.2) is 17.5 Å². The molecule has 0 spiro atoms. The second-order valence-electron chi connectivity index (χ2n) is 5.78. The van der Waals surface area contributed by atoms with E-state index in [2.05, 4.69) is 11.5 Å². The van der Waals surface area contributed by atoms with Crippen molar-refractivity contribution >= 4 is 45.0 Å². The molecule has 23 heavy (non-hydrogen) atoms. The van der Waals surface area contributed by atoms with Crippen molar-refractivity contribution in [2.24, 2.45) is 0 Å². The van der Waals surface area contributed by atoms with E-state index in [9.17, 15) is 9.59 Å². The monoisotopic (exact) mass is 353 g/mol. The third-order valence-corrected chi connectivity index (χ3v) is 5.57. The van der Waals surface area contributed by atoms with Crippen LogP contribution in [-0.4, -0.2) is 57.7 Å². The Labute approximate surface area is 144 Å². The fourth-order valence-corrected chi connectivity index (χ4v) is 4.33. The fourth-order valence-electron chi connectivity index (χ4n) is 3.22. The molecular formula is C16H20ClN3O2S. The normalized spacial score (nSPS) is 18.7. The summed E-state index contributed by atoms with van der Waals surface area (Å²) in [5.41, 5.74) is 0.735. The van der Waals surface area contributed by atoms with E-state index in [1.165, 1.54) is 0 Å². The van der Waals surface area contributed by atoms with Crippen molar-refractivity contribution in [1.29, 1.82) is 0 Å². The Morgan fingerprint density at radius 1 is 1.39 bits per heavy atom. The molecule has 2 aromatic rings. The van der Waals surface area contributed by atoms with Gasteiger partial charge in [-0.2, -0.15) is 0 Å². The maximum Gasteiger partial charge on any atom is 0.270 e. The van der Waals surface area contributed by atoms with Gasteiger partial charge in [0.2, 0.25) is 5.91 Å². The number of carbonyl (C=O) groups excluding carboxylic acids is 2. The van der Waals surface area contributed by atoms with E-state index in [0.717, 1.165) is 22.5 Å². The number of thiophene rings is 1. The lowest BCUT2D eigenvalue weighted by atomic mass is 10.1. The first-order valence-corrected chi connectivity index (χ1v) is 9.19. The van der Waals surface area contributed by atoms with Gasteiger partial charge in [-0.3, -0.25) is 9.59 Å². The first-order valence-electron chi connectivity index (χ1n) is 7.78. The highest BCUT2D eigenvalue weighted by molar-refractivity contribution is 7.16. The summed E-state index contributed by atoms with van der Waals surface area (Å²) in [6, 6.07) is 4.01. The second kappa shape index (κ2) is 6.53. The Bertz CT molecular complexity index is 739. The molecule has 1 saturated heterocycles. The summed E-state index contributed by atoms with van der Waals surface area (Å²) < 4.78 is 2.07. The van der Waals surface area contributed by atoms with Gasteiger partial charge in [-0.15, -0.1) is 22.9 Å². The van der Waals surface area contributed by atoms with Gasteiger partial charge in [0.1, 0.15) is 16.4 Å². The maximum atomic E-state index is 12.9. The molecule has 0 bridgehead atoms. The van der Waals surface area contributed by atoms with Crippen molar-refractivity contribution in [2.75, 3.05) is 25.5 Å². The van der Waals surface area contributed by atoms with E-state index in [1.807, 2.05) is 29.3 Å². The van der Waals surface area contributed by atoms with E-state index in [4.69, 9.17) is 11.6 Å². The van der Waals surface area contributed by atoms with E-state index >= 15 is 0 Å². The van der Waals surface area contributed by atoms with Crippen LogP contribution in [-0.2, 0) is 11.3 Å². The minimum Gasteiger partial charge on any atom is -0.335 e. The van der Waals surface area contributed by atoms with Crippen molar-refractivity contribution in [3.8, 4) is 0 Å². The molecule has 5 nitrogen and oxygen atoms in total. The summed E-state index contributed by atoms with van der Waals surface area (Å²) in [6.07, 6.45) is 0. The van der Waals surface area contributed by atoms with Crippen LogP contribution in [0.5, 0.6) is 0 Å². The summed E-state index contributed by atoms with van der Waals surface area (Å²) in [4.78, 5) is 29.5. The summed E-state index contributed by atoms with van der Waals surface area (Å²) >= 11 is 7.30. The van der Waals surface area contributed by atoms with E-state index in [0.29, 0.717) is 19.6 Å². The van der Waals surface area contributed by atoms with Crippen molar-refractivity contribution in [3.05, 3.63) is 23.2 Å². The average molecular weight is 354 g/mol. The smallest absolute Gasteiger partial charge is 0.270 e. The van der Waals surface area contributed by atoms with Crippen molar-refractivity contribution in [1.82, 2.24) is 14.4 Å². The zero-order valence-corrected chi connectivity index (χ0v) is 14.9. The predicted molar refractivity (Wildman–Crippen MR) is 93.3 cm³/mol. The van der Waals surface area contributed by atoms with Gasteiger partial charge in [0.25, 0.3) is 5.91 Å². The number of fused-ring (bicyclic) bond motifs is 1. The van der Waals surface area contributed by atoms with Crippen LogP contribution >= 0.6 is 22.9 Å². The molecule has 3 heterocycles. The Morgan fingerprint density at radius 2 is 2.17 bits per heavy atom. The molecule has 0 aromatic carbocycles. The van der Waals surface area contributed by atoms with Gasteiger partial charge in [0.05, 0.1) is 0 Å². The van der Waals surface area contributed by atoms with Crippen molar-refractivity contribution < 1.29 is 9.59 Å². The number of hydrogen-bond donors (Lipinski definition) is 0. The molecule has 0 aliphatic carbocycles. The molecule has 1 fully saturated rings. The highest BCUT2D eigenvalue weighted by Crippen LogP contribution is 2.26. The summed E-state index contributed by atoms with van der Waals surface area (Å²) in [7, 11) is 0. The van der Waals surface area contributed by atoms with Crippen molar-refractivity contribution in [3.63, 3.8) is 0 Å². The number of alkyl halides is 1. The van der Waals surface area contributed by atoms with Crippen LogP contribution in [0.1, 0.15) is 24.3 Å². The molecule has 0 saturated carbocycles. The number of halogens is 1. The fraction of sp³-hybridized carbons (Fsp3) is 0.500. The lowest BCUT2D eigenvalue weighted by Crippen LogP contribution is -2.55. The molecule has 2 amide bonds. The van der Waals surface area contributed by atoms with Gasteiger partial charge < -0.3 is 14.4 Å².